The summed E-state index contributed by atoms with van der Waals surface area (Å²) in [6.45, 7) is -2.97. The molecule has 3 aromatic rings. The van der Waals surface area contributed by atoms with Crippen LogP contribution in [0.15, 0.2) is 54.6 Å². The molecular weight excluding hydrogens is 703 g/mol. The second kappa shape index (κ2) is 13.9. The fraction of sp³-hybridized carbons (Fsp3) is 0.172. The third-order valence-corrected chi connectivity index (χ3v) is 6.99. The Kier molecular flexibility index (Phi) is 10.3. The molecule has 0 radical (unpaired) electrons. The van der Waals surface area contributed by atoms with Gasteiger partial charge < -0.3 is 20.1 Å². The molecule has 2 N–H and O–H groups in total. The molecule has 0 aromatic heterocycles. The molecule has 19 heteroatoms. The molecule has 0 fully saturated rings. The monoisotopic (exact) mass is 719 g/mol. The van der Waals surface area contributed by atoms with Gasteiger partial charge in [0.2, 0.25) is 0 Å². The average molecular weight is 720 g/mol. The molecule has 1 aliphatic rings. The molecule has 48 heavy (non-hydrogen) atoms. The van der Waals surface area contributed by atoms with Gasteiger partial charge in [0.15, 0.2) is 13.2 Å². The van der Waals surface area contributed by atoms with Crippen LogP contribution < -0.4 is 10.6 Å². The number of ether oxygens (including phenoxy) is 2. The summed E-state index contributed by atoms with van der Waals surface area (Å²) in [5.74, 6) is -6.55. The van der Waals surface area contributed by atoms with E-state index in [1.54, 1.807) is 0 Å². The van der Waals surface area contributed by atoms with Gasteiger partial charge in [-0.1, -0.05) is 23.2 Å². The molecule has 11 nitrogen and oxygen atoms in total. The van der Waals surface area contributed by atoms with E-state index in [1.807, 2.05) is 5.32 Å². The fourth-order valence-electron chi connectivity index (χ4n) is 4.06. The lowest BCUT2D eigenvalue weighted by molar-refractivity contribution is -0.147. The minimum Gasteiger partial charge on any atom is -0.454 e. The second-order valence-electron chi connectivity index (χ2n) is 9.67. The summed E-state index contributed by atoms with van der Waals surface area (Å²) in [5.41, 5.74) is -3.88. The molecule has 0 atom stereocenters. The quantitative estimate of drug-likeness (QED) is 0.165. The smallest absolute Gasteiger partial charge is 0.416 e. The van der Waals surface area contributed by atoms with Gasteiger partial charge in [-0.15, -0.1) is 0 Å². The Labute approximate surface area is 274 Å². The Bertz CT molecular complexity index is 1850. The van der Waals surface area contributed by atoms with Gasteiger partial charge in [0.05, 0.1) is 49.2 Å². The van der Waals surface area contributed by atoms with E-state index in [0.717, 1.165) is 30.3 Å². The minimum absolute atomic E-state index is 0.221. The highest BCUT2D eigenvalue weighted by atomic mass is 35.5. The molecule has 0 aliphatic carbocycles. The lowest BCUT2D eigenvalue weighted by Crippen LogP contribution is -2.36. The van der Waals surface area contributed by atoms with Gasteiger partial charge in [-0.2, -0.15) is 26.3 Å². The summed E-state index contributed by atoms with van der Waals surface area (Å²) in [4.78, 5) is 75.1. The number of amides is 4. The van der Waals surface area contributed by atoms with E-state index in [0.29, 0.717) is 29.2 Å². The number of hydrogen-bond donors (Lipinski definition) is 2. The molecular formula is C29H17Cl2F6N3O8. The van der Waals surface area contributed by atoms with E-state index in [2.05, 4.69) is 5.32 Å². The van der Waals surface area contributed by atoms with Crippen LogP contribution in [0.5, 0.6) is 0 Å². The van der Waals surface area contributed by atoms with Crippen molar-refractivity contribution in [3.63, 3.8) is 0 Å². The molecule has 4 rings (SSSR count). The third kappa shape index (κ3) is 8.40. The molecule has 4 amide bonds. The number of anilines is 2. The maximum absolute atomic E-state index is 13.0. The first kappa shape index (κ1) is 35.7. The maximum atomic E-state index is 13.0. The van der Waals surface area contributed by atoms with E-state index >= 15 is 0 Å². The molecule has 0 saturated heterocycles. The number of rotatable bonds is 9. The number of benzene rings is 3. The molecule has 1 aliphatic heterocycles. The molecule has 1 heterocycles. The highest BCUT2D eigenvalue weighted by molar-refractivity contribution is 6.34. The number of fused-ring (bicyclic) bond motifs is 1. The van der Waals surface area contributed by atoms with Crippen LogP contribution in [0.3, 0.4) is 0 Å². The molecule has 0 unspecified atom stereocenters. The standard InChI is InChI=1S/C29H17Cl2F6N3O8/c30-18-5-2-14(28(32,33)34)8-20(18)38-22(41)11-47-24(43)10-40-25(44)16-4-1-13(7-17(16)26(40)45)27(46)48-12-23(42)39-21-9-15(29(35,36)37)3-6-19(21)31/h1-9H,10-12H2,(H,38,41)(H,39,42). The highest BCUT2D eigenvalue weighted by Crippen LogP contribution is 2.35. The molecule has 252 valence electrons. The van der Waals surface area contributed by atoms with Crippen molar-refractivity contribution in [2.45, 2.75) is 12.4 Å². The van der Waals surface area contributed by atoms with Crippen molar-refractivity contribution >= 4 is 70.1 Å². The van der Waals surface area contributed by atoms with E-state index in [-0.39, 0.29) is 26.7 Å². The second-order valence-corrected chi connectivity index (χ2v) is 10.5. The van der Waals surface area contributed by atoms with Crippen molar-refractivity contribution in [2.75, 3.05) is 30.4 Å². The van der Waals surface area contributed by atoms with Crippen molar-refractivity contribution in [1.29, 1.82) is 0 Å². The topological polar surface area (TPSA) is 148 Å². The predicted octanol–water partition coefficient (Wildman–Crippen LogP) is 5.60. The van der Waals surface area contributed by atoms with Crippen LogP contribution in [-0.2, 0) is 36.2 Å². The van der Waals surface area contributed by atoms with Crippen LogP contribution >= 0.6 is 23.2 Å². The van der Waals surface area contributed by atoms with Gasteiger partial charge >= 0.3 is 24.3 Å². The van der Waals surface area contributed by atoms with Gasteiger partial charge in [-0.3, -0.25) is 28.9 Å². The van der Waals surface area contributed by atoms with Crippen molar-refractivity contribution in [3.05, 3.63) is 92.5 Å². The first-order valence-corrected chi connectivity index (χ1v) is 13.8. The predicted molar refractivity (Wildman–Crippen MR) is 153 cm³/mol. The first-order valence-electron chi connectivity index (χ1n) is 13.0. The lowest BCUT2D eigenvalue weighted by atomic mass is 10.1. The summed E-state index contributed by atoms with van der Waals surface area (Å²) in [5, 5.41) is 3.67. The lowest BCUT2D eigenvalue weighted by Gasteiger charge is -2.14. The Morgan fingerprint density at radius 3 is 1.65 bits per heavy atom. The SMILES string of the molecule is O=C(COC(=O)CN1C(=O)c2ccc(C(=O)OCC(=O)Nc3cc(C(F)(F)F)ccc3Cl)cc2C1=O)Nc1cc(C(F)(F)F)ccc1Cl. The van der Waals surface area contributed by atoms with Crippen LogP contribution in [0.4, 0.5) is 37.7 Å². The van der Waals surface area contributed by atoms with E-state index < -0.39 is 90.2 Å². The van der Waals surface area contributed by atoms with Gasteiger partial charge in [0.1, 0.15) is 6.54 Å². The fourth-order valence-corrected chi connectivity index (χ4v) is 4.39. The van der Waals surface area contributed by atoms with Crippen LogP contribution in [0.2, 0.25) is 10.0 Å². The largest absolute Gasteiger partial charge is 0.454 e. The van der Waals surface area contributed by atoms with Crippen molar-refractivity contribution < 1.29 is 64.6 Å². The average Bonchev–Trinajstić information content (AvgIpc) is 3.24. The summed E-state index contributed by atoms with van der Waals surface area (Å²) in [6.07, 6.45) is -9.45. The Morgan fingerprint density at radius 1 is 0.667 bits per heavy atom. The zero-order chi connectivity index (χ0) is 35.6. The highest BCUT2D eigenvalue weighted by Gasteiger charge is 2.38. The van der Waals surface area contributed by atoms with Crippen molar-refractivity contribution in [3.8, 4) is 0 Å². The molecule has 3 aromatic carbocycles. The van der Waals surface area contributed by atoms with Crippen LogP contribution in [-0.4, -0.2) is 60.2 Å². The van der Waals surface area contributed by atoms with Crippen LogP contribution in [0.25, 0.3) is 0 Å². The van der Waals surface area contributed by atoms with Gasteiger partial charge in [0, 0.05) is 0 Å². The van der Waals surface area contributed by atoms with Gasteiger partial charge in [0.25, 0.3) is 23.6 Å². The number of nitrogens with zero attached hydrogens (tertiary/aromatic N) is 1. The minimum atomic E-state index is -4.73. The van der Waals surface area contributed by atoms with E-state index in [1.165, 1.54) is 0 Å². The Balaban J connectivity index is 1.31. The number of halogens is 8. The maximum Gasteiger partial charge on any atom is 0.416 e. The first-order chi connectivity index (χ1) is 22.3. The number of hydrogen-bond acceptors (Lipinski definition) is 8. The normalized spacial score (nSPS) is 12.8. The number of nitrogens with one attached hydrogen (secondary N) is 2. The van der Waals surface area contributed by atoms with E-state index in [4.69, 9.17) is 32.7 Å². The number of imide groups is 1. The summed E-state index contributed by atoms with van der Waals surface area (Å²) >= 11 is 11.6. The van der Waals surface area contributed by atoms with Crippen LogP contribution in [0, 0.1) is 0 Å². The van der Waals surface area contributed by atoms with Crippen molar-refractivity contribution in [1.82, 2.24) is 4.90 Å². The summed E-state index contributed by atoms with van der Waals surface area (Å²) in [7, 11) is 0. The zero-order valence-corrected chi connectivity index (χ0v) is 25.1. The van der Waals surface area contributed by atoms with Gasteiger partial charge in [-0.25, -0.2) is 4.79 Å². The number of carbonyl (C=O) groups is 6. The molecule has 0 bridgehead atoms. The van der Waals surface area contributed by atoms with E-state index in [9.17, 15) is 55.1 Å². The Hall–Kier alpha value is -5.16. The van der Waals surface area contributed by atoms with Crippen molar-refractivity contribution in [2.24, 2.45) is 0 Å². The molecule has 0 spiro atoms. The number of carbonyl (C=O) groups excluding carboxylic acids is 6. The third-order valence-electron chi connectivity index (χ3n) is 6.33. The number of esters is 2. The number of alkyl halides is 6. The summed E-state index contributed by atoms with van der Waals surface area (Å²) in [6, 6.07) is 7.42. The molecule has 0 saturated carbocycles. The Morgan fingerprint density at radius 2 is 1.15 bits per heavy atom. The van der Waals surface area contributed by atoms with Gasteiger partial charge in [-0.05, 0) is 54.6 Å². The summed E-state index contributed by atoms with van der Waals surface area (Å²) < 4.78 is 87.2. The zero-order valence-electron chi connectivity index (χ0n) is 23.6. The van der Waals surface area contributed by atoms with Crippen LogP contribution in [0.1, 0.15) is 42.2 Å².